The number of aromatic nitrogens is 1. The van der Waals surface area contributed by atoms with Crippen molar-refractivity contribution < 1.29 is 9.47 Å². The molecule has 90 valence electrons. The molecule has 1 saturated heterocycles. The van der Waals surface area contributed by atoms with Gasteiger partial charge in [-0.3, -0.25) is 4.98 Å². The quantitative estimate of drug-likeness (QED) is 0.746. The summed E-state index contributed by atoms with van der Waals surface area (Å²) in [5.41, 5.74) is 0.438. The topological polar surface area (TPSA) is 55.1 Å². The lowest BCUT2D eigenvalue weighted by Crippen LogP contribution is -2.41. The van der Waals surface area contributed by atoms with Gasteiger partial charge in [0.2, 0.25) is 0 Å². The molecule has 17 heavy (non-hydrogen) atoms. The summed E-state index contributed by atoms with van der Waals surface area (Å²) in [6, 6.07) is 3.87. The van der Waals surface area contributed by atoms with E-state index in [9.17, 15) is 0 Å². The van der Waals surface area contributed by atoms with E-state index in [-0.39, 0.29) is 0 Å². The van der Waals surface area contributed by atoms with Crippen LogP contribution in [0.1, 0.15) is 45.1 Å². The molecular weight excluding hydrogens is 216 g/mol. The van der Waals surface area contributed by atoms with Crippen molar-refractivity contribution in [1.82, 2.24) is 4.98 Å². The molecule has 2 heterocycles. The van der Waals surface area contributed by atoms with E-state index < -0.39 is 17.5 Å². The monoisotopic (exact) mass is 232 g/mol. The number of nitrogens with zero attached hydrogens (tertiary/aromatic N) is 2. The number of hydrogen-bond donors (Lipinski definition) is 0. The average Bonchev–Trinajstić information content (AvgIpc) is 2.48. The van der Waals surface area contributed by atoms with E-state index in [4.69, 9.17) is 14.7 Å². The van der Waals surface area contributed by atoms with E-state index in [0.29, 0.717) is 5.56 Å². The molecule has 0 aromatic carbocycles. The highest BCUT2D eigenvalue weighted by Gasteiger charge is 2.49. The Hall–Kier alpha value is -1.44. The fourth-order valence-electron chi connectivity index (χ4n) is 1.67. The molecule has 0 unspecified atom stereocenters. The molecule has 0 N–H and O–H groups in total. The van der Waals surface area contributed by atoms with Crippen LogP contribution in [0.15, 0.2) is 18.5 Å². The van der Waals surface area contributed by atoms with Gasteiger partial charge in [-0.25, -0.2) is 0 Å². The second-order valence-electron chi connectivity index (χ2n) is 5.16. The first-order chi connectivity index (χ1) is 7.87. The normalized spacial score (nSPS) is 22.3. The summed E-state index contributed by atoms with van der Waals surface area (Å²) in [7, 11) is 0. The summed E-state index contributed by atoms with van der Waals surface area (Å²) in [5, 5.41) is 9.04. The van der Waals surface area contributed by atoms with Gasteiger partial charge in [-0.15, -0.1) is 0 Å². The molecule has 1 aromatic rings. The Labute approximate surface area is 101 Å². The first-order valence-corrected chi connectivity index (χ1v) is 5.57. The second kappa shape index (κ2) is 3.80. The van der Waals surface area contributed by atoms with E-state index in [0.717, 1.165) is 5.56 Å². The van der Waals surface area contributed by atoms with Crippen LogP contribution in [0.4, 0.5) is 0 Å². The largest absolute Gasteiger partial charge is 0.339 e. The molecule has 2 rings (SSSR count). The smallest absolute Gasteiger partial charge is 0.186 e. The van der Waals surface area contributed by atoms with Gasteiger partial charge in [0.25, 0.3) is 0 Å². The third-order valence-electron chi connectivity index (χ3n) is 3.48. The molecule has 1 aliphatic heterocycles. The van der Waals surface area contributed by atoms with Gasteiger partial charge in [-0.1, -0.05) is 0 Å². The van der Waals surface area contributed by atoms with Gasteiger partial charge in [0, 0.05) is 18.0 Å². The molecule has 0 spiro atoms. The molecule has 4 nitrogen and oxygen atoms in total. The molecular formula is C13H16N2O2. The van der Waals surface area contributed by atoms with Crippen molar-refractivity contribution >= 4 is 0 Å². The molecule has 0 saturated carbocycles. The Morgan fingerprint density at radius 3 is 2.35 bits per heavy atom. The van der Waals surface area contributed by atoms with E-state index in [1.54, 1.807) is 12.3 Å². The number of ether oxygens (including phenoxy) is 2. The maximum Gasteiger partial charge on any atom is 0.186 e. The Morgan fingerprint density at radius 2 is 1.82 bits per heavy atom. The summed E-state index contributed by atoms with van der Waals surface area (Å²) in [6.45, 7) is 7.95. The van der Waals surface area contributed by atoms with Crippen LogP contribution < -0.4 is 0 Å². The van der Waals surface area contributed by atoms with E-state index in [1.807, 2.05) is 27.7 Å². The SMILES string of the molecule is CC1(C)OC(c2ccncc2C#N)OC1(C)C. The van der Waals surface area contributed by atoms with Crippen LogP contribution in [0.25, 0.3) is 0 Å². The third-order valence-corrected chi connectivity index (χ3v) is 3.48. The minimum absolute atomic E-state index is 0.395. The van der Waals surface area contributed by atoms with E-state index >= 15 is 0 Å². The lowest BCUT2D eigenvalue weighted by Gasteiger charge is -2.30. The number of hydrogen-bond acceptors (Lipinski definition) is 4. The summed E-state index contributed by atoms with van der Waals surface area (Å²) in [6.07, 6.45) is 2.67. The highest BCUT2D eigenvalue weighted by Crippen LogP contribution is 2.45. The summed E-state index contributed by atoms with van der Waals surface area (Å²) in [4.78, 5) is 3.93. The third kappa shape index (κ3) is 1.92. The van der Waals surface area contributed by atoms with Gasteiger partial charge in [0.15, 0.2) is 6.29 Å². The predicted molar refractivity (Wildman–Crippen MR) is 62.0 cm³/mol. The minimum atomic E-state index is -0.502. The van der Waals surface area contributed by atoms with Gasteiger partial charge in [0.05, 0.1) is 16.8 Å². The van der Waals surface area contributed by atoms with Crippen LogP contribution in [-0.2, 0) is 9.47 Å². The highest BCUT2D eigenvalue weighted by molar-refractivity contribution is 5.36. The van der Waals surface area contributed by atoms with Crippen LogP contribution in [0, 0.1) is 11.3 Å². The van der Waals surface area contributed by atoms with Gasteiger partial charge < -0.3 is 9.47 Å². The average molecular weight is 232 g/mol. The van der Waals surface area contributed by atoms with Crippen molar-refractivity contribution in [2.45, 2.75) is 45.2 Å². The second-order valence-corrected chi connectivity index (χ2v) is 5.16. The Bertz CT molecular complexity index is 459. The van der Waals surface area contributed by atoms with Crippen LogP contribution in [-0.4, -0.2) is 16.2 Å². The first kappa shape index (κ1) is 12.0. The van der Waals surface area contributed by atoms with Gasteiger partial charge in [-0.2, -0.15) is 5.26 Å². The standard InChI is InChI=1S/C13H16N2O2/c1-12(2)13(3,4)17-11(16-12)10-5-6-15-8-9(10)7-14/h5-6,8,11H,1-4H3. The van der Waals surface area contributed by atoms with Gasteiger partial charge >= 0.3 is 0 Å². The Kier molecular flexibility index (Phi) is 2.69. The molecule has 1 fully saturated rings. The molecule has 0 radical (unpaired) electrons. The predicted octanol–water partition coefficient (Wildman–Crippen LogP) is 2.56. The molecule has 0 atom stereocenters. The van der Waals surface area contributed by atoms with Crippen LogP contribution >= 0.6 is 0 Å². The maximum absolute atomic E-state index is 9.04. The molecule has 1 aromatic heterocycles. The molecule has 0 aliphatic carbocycles. The van der Waals surface area contributed by atoms with Crippen molar-refractivity contribution in [2.24, 2.45) is 0 Å². The maximum atomic E-state index is 9.04. The zero-order chi connectivity index (χ0) is 12.7. The van der Waals surface area contributed by atoms with Crippen LogP contribution in [0.3, 0.4) is 0 Å². The fourth-order valence-corrected chi connectivity index (χ4v) is 1.67. The zero-order valence-corrected chi connectivity index (χ0v) is 10.5. The van der Waals surface area contributed by atoms with Crippen molar-refractivity contribution in [3.63, 3.8) is 0 Å². The fraction of sp³-hybridized carbons (Fsp3) is 0.538. The minimum Gasteiger partial charge on any atom is -0.339 e. The molecule has 0 amide bonds. The van der Waals surface area contributed by atoms with Crippen LogP contribution in [0.2, 0.25) is 0 Å². The summed E-state index contributed by atoms with van der Waals surface area (Å²) in [5.74, 6) is 0. The van der Waals surface area contributed by atoms with Gasteiger partial charge in [0.1, 0.15) is 6.07 Å². The van der Waals surface area contributed by atoms with Crippen molar-refractivity contribution in [3.05, 3.63) is 29.6 Å². The van der Waals surface area contributed by atoms with Crippen LogP contribution in [0.5, 0.6) is 0 Å². The Morgan fingerprint density at radius 1 is 1.24 bits per heavy atom. The van der Waals surface area contributed by atoms with Crippen molar-refractivity contribution in [3.8, 4) is 6.07 Å². The van der Waals surface area contributed by atoms with Crippen molar-refractivity contribution in [2.75, 3.05) is 0 Å². The lowest BCUT2D eigenvalue weighted by molar-refractivity contribution is -0.0897. The van der Waals surface area contributed by atoms with E-state index in [2.05, 4.69) is 11.1 Å². The summed E-state index contributed by atoms with van der Waals surface area (Å²) >= 11 is 0. The number of pyridine rings is 1. The molecule has 4 heteroatoms. The summed E-state index contributed by atoms with van der Waals surface area (Å²) < 4.78 is 11.8. The first-order valence-electron chi connectivity index (χ1n) is 5.57. The number of nitriles is 1. The lowest BCUT2D eigenvalue weighted by atomic mass is 9.90. The van der Waals surface area contributed by atoms with E-state index in [1.165, 1.54) is 6.20 Å². The zero-order valence-electron chi connectivity index (χ0n) is 10.5. The molecule has 1 aliphatic rings. The Balaban J connectivity index is 2.36. The number of rotatable bonds is 1. The molecule has 0 bridgehead atoms. The van der Waals surface area contributed by atoms with Gasteiger partial charge in [-0.05, 0) is 33.8 Å². The highest BCUT2D eigenvalue weighted by atomic mass is 16.7. The van der Waals surface area contributed by atoms with Crippen molar-refractivity contribution in [1.29, 1.82) is 5.26 Å².